The van der Waals surface area contributed by atoms with Crippen LogP contribution in [0, 0.1) is 11.8 Å². The number of sulfone groups is 1. The van der Waals surface area contributed by atoms with E-state index in [-0.39, 0.29) is 5.92 Å². The molecule has 7 heteroatoms. The van der Waals surface area contributed by atoms with Crippen molar-refractivity contribution in [2.75, 3.05) is 24.6 Å². The maximum Gasteiger partial charge on any atom is 0.150 e. The summed E-state index contributed by atoms with van der Waals surface area (Å²) in [7, 11) is -2.83. The van der Waals surface area contributed by atoms with E-state index in [4.69, 9.17) is 0 Å². The van der Waals surface area contributed by atoms with Crippen molar-refractivity contribution >= 4 is 9.84 Å². The number of hydrogen-bond donors (Lipinski definition) is 1. The molecule has 1 N–H and O–H groups in total. The molecule has 1 aromatic heterocycles. The van der Waals surface area contributed by atoms with Crippen LogP contribution in [0.15, 0.2) is 6.33 Å². The lowest BCUT2D eigenvalue weighted by Gasteiger charge is -2.22. The average Bonchev–Trinajstić information content (AvgIpc) is 3.00. The van der Waals surface area contributed by atoms with Crippen LogP contribution in [-0.2, 0) is 22.8 Å². The molecule has 0 radical (unpaired) electrons. The van der Waals surface area contributed by atoms with Crippen molar-refractivity contribution in [3.8, 4) is 0 Å². The third kappa shape index (κ3) is 3.79. The zero-order valence-electron chi connectivity index (χ0n) is 12.2. The Bertz CT molecular complexity index is 526. The number of aryl methyl sites for hydroxylation is 1. The minimum absolute atomic E-state index is 0.237. The van der Waals surface area contributed by atoms with Gasteiger partial charge < -0.3 is 5.32 Å². The van der Waals surface area contributed by atoms with Crippen molar-refractivity contribution in [1.82, 2.24) is 20.1 Å². The standard InChI is InChI=1S/C13H24N4O2S/c1-3-14-8-12(11-5-6-20(18,19)9-11)7-13-15-10-16-17(13)4-2/h10-12,14H,3-9H2,1-2H3. The first-order chi connectivity index (χ1) is 9.55. The molecule has 114 valence electrons. The van der Waals surface area contributed by atoms with Gasteiger partial charge >= 0.3 is 0 Å². The topological polar surface area (TPSA) is 76.9 Å². The molecular weight excluding hydrogens is 276 g/mol. The summed E-state index contributed by atoms with van der Waals surface area (Å²) in [6.07, 6.45) is 3.15. The van der Waals surface area contributed by atoms with E-state index in [0.717, 1.165) is 38.3 Å². The Hall–Kier alpha value is -0.950. The quantitative estimate of drug-likeness (QED) is 0.793. The van der Waals surface area contributed by atoms with Crippen LogP contribution in [0.1, 0.15) is 26.1 Å². The lowest BCUT2D eigenvalue weighted by Crippen LogP contribution is -2.31. The average molecular weight is 300 g/mol. The van der Waals surface area contributed by atoms with E-state index in [0.29, 0.717) is 17.4 Å². The number of aromatic nitrogens is 3. The lowest BCUT2D eigenvalue weighted by atomic mass is 9.88. The molecule has 2 atom stereocenters. The van der Waals surface area contributed by atoms with Crippen LogP contribution in [0.3, 0.4) is 0 Å². The van der Waals surface area contributed by atoms with Gasteiger partial charge in [-0.2, -0.15) is 5.10 Å². The minimum Gasteiger partial charge on any atom is -0.317 e. The molecule has 1 fully saturated rings. The Kier molecular flexibility index (Phi) is 5.15. The summed E-state index contributed by atoms with van der Waals surface area (Å²) in [5.41, 5.74) is 0. The molecule has 2 rings (SSSR count). The number of nitrogens with zero attached hydrogens (tertiary/aromatic N) is 3. The third-order valence-electron chi connectivity index (χ3n) is 4.03. The summed E-state index contributed by atoms with van der Waals surface area (Å²) in [4.78, 5) is 4.32. The molecule has 2 heterocycles. The summed E-state index contributed by atoms with van der Waals surface area (Å²) in [5, 5.41) is 7.54. The molecule has 1 aliphatic rings. The summed E-state index contributed by atoms with van der Waals surface area (Å²) in [6, 6.07) is 0. The van der Waals surface area contributed by atoms with Gasteiger partial charge in [-0.1, -0.05) is 6.92 Å². The highest BCUT2D eigenvalue weighted by molar-refractivity contribution is 7.91. The predicted octanol–water partition coefficient (Wildman–Crippen LogP) is 0.501. The molecule has 1 aliphatic heterocycles. The Balaban J connectivity index is 2.08. The van der Waals surface area contributed by atoms with Crippen LogP contribution in [0.2, 0.25) is 0 Å². The maximum absolute atomic E-state index is 11.7. The van der Waals surface area contributed by atoms with Gasteiger partial charge in [0.15, 0.2) is 9.84 Å². The Labute approximate surface area is 120 Å². The molecule has 0 bridgehead atoms. The van der Waals surface area contributed by atoms with Gasteiger partial charge in [-0.25, -0.2) is 13.4 Å². The van der Waals surface area contributed by atoms with Gasteiger partial charge in [0.1, 0.15) is 12.2 Å². The largest absolute Gasteiger partial charge is 0.317 e. The highest BCUT2D eigenvalue weighted by atomic mass is 32.2. The lowest BCUT2D eigenvalue weighted by molar-refractivity contribution is 0.335. The van der Waals surface area contributed by atoms with E-state index in [9.17, 15) is 8.42 Å². The molecule has 1 saturated heterocycles. The van der Waals surface area contributed by atoms with Crippen LogP contribution in [0.4, 0.5) is 0 Å². The van der Waals surface area contributed by atoms with Crippen LogP contribution in [0.5, 0.6) is 0 Å². The van der Waals surface area contributed by atoms with Gasteiger partial charge in [0.2, 0.25) is 0 Å². The van der Waals surface area contributed by atoms with Gasteiger partial charge in [0.05, 0.1) is 11.5 Å². The molecule has 2 unspecified atom stereocenters. The summed E-state index contributed by atoms with van der Waals surface area (Å²) < 4.78 is 25.3. The van der Waals surface area contributed by atoms with Crippen LogP contribution < -0.4 is 5.32 Å². The smallest absolute Gasteiger partial charge is 0.150 e. The first kappa shape index (κ1) is 15.4. The van der Waals surface area contributed by atoms with Gasteiger partial charge in [-0.15, -0.1) is 0 Å². The van der Waals surface area contributed by atoms with E-state index < -0.39 is 9.84 Å². The van der Waals surface area contributed by atoms with Crippen LogP contribution >= 0.6 is 0 Å². The number of nitrogens with one attached hydrogen (secondary N) is 1. The van der Waals surface area contributed by atoms with E-state index in [2.05, 4.69) is 22.3 Å². The maximum atomic E-state index is 11.7. The van der Waals surface area contributed by atoms with Crippen molar-refractivity contribution in [2.24, 2.45) is 11.8 Å². The molecule has 0 amide bonds. The summed E-state index contributed by atoms with van der Waals surface area (Å²) in [5.74, 6) is 2.16. The second-order valence-corrected chi connectivity index (χ2v) is 7.66. The summed E-state index contributed by atoms with van der Waals surface area (Å²) in [6.45, 7) is 6.64. The summed E-state index contributed by atoms with van der Waals surface area (Å²) >= 11 is 0. The molecule has 6 nitrogen and oxygen atoms in total. The molecule has 0 aliphatic carbocycles. The molecule has 0 aromatic carbocycles. The van der Waals surface area contributed by atoms with Gasteiger partial charge in [-0.05, 0) is 38.3 Å². The first-order valence-corrected chi connectivity index (χ1v) is 9.15. The minimum atomic E-state index is -2.83. The van der Waals surface area contributed by atoms with Gasteiger partial charge in [-0.3, -0.25) is 4.68 Å². The highest BCUT2D eigenvalue weighted by Gasteiger charge is 2.34. The van der Waals surface area contributed by atoms with Crippen LogP contribution in [-0.4, -0.2) is 47.8 Å². The number of hydrogen-bond acceptors (Lipinski definition) is 5. The van der Waals surface area contributed by atoms with Crippen molar-refractivity contribution in [1.29, 1.82) is 0 Å². The molecule has 0 spiro atoms. The van der Waals surface area contributed by atoms with E-state index in [1.165, 1.54) is 0 Å². The second kappa shape index (κ2) is 6.67. The molecule has 20 heavy (non-hydrogen) atoms. The fourth-order valence-electron chi connectivity index (χ4n) is 2.88. The highest BCUT2D eigenvalue weighted by Crippen LogP contribution is 2.28. The first-order valence-electron chi connectivity index (χ1n) is 7.33. The van der Waals surface area contributed by atoms with Crippen molar-refractivity contribution in [3.63, 3.8) is 0 Å². The Morgan fingerprint density at radius 2 is 2.30 bits per heavy atom. The van der Waals surface area contributed by atoms with Gasteiger partial charge in [0, 0.05) is 13.0 Å². The SMILES string of the molecule is CCNCC(Cc1ncnn1CC)C1CCS(=O)(=O)C1. The van der Waals surface area contributed by atoms with Gasteiger partial charge in [0.25, 0.3) is 0 Å². The molecule has 1 aromatic rings. The predicted molar refractivity (Wildman–Crippen MR) is 78.2 cm³/mol. The van der Waals surface area contributed by atoms with Crippen molar-refractivity contribution in [2.45, 2.75) is 33.2 Å². The van der Waals surface area contributed by atoms with E-state index in [1.54, 1.807) is 6.33 Å². The fraction of sp³-hybridized carbons (Fsp3) is 0.846. The Morgan fingerprint density at radius 3 is 2.90 bits per heavy atom. The monoisotopic (exact) mass is 300 g/mol. The van der Waals surface area contributed by atoms with Crippen molar-refractivity contribution < 1.29 is 8.42 Å². The molecule has 0 saturated carbocycles. The van der Waals surface area contributed by atoms with E-state index in [1.807, 2.05) is 11.6 Å². The van der Waals surface area contributed by atoms with E-state index >= 15 is 0 Å². The Morgan fingerprint density at radius 1 is 1.50 bits per heavy atom. The second-order valence-electron chi connectivity index (χ2n) is 5.43. The van der Waals surface area contributed by atoms with Crippen LogP contribution in [0.25, 0.3) is 0 Å². The molecular formula is C13H24N4O2S. The van der Waals surface area contributed by atoms with Crippen molar-refractivity contribution in [3.05, 3.63) is 12.2 Å². The fourth-order valence-corrected chi connectivity index (χ4v) is 4.80. The number of rotatable bonds is 7. The normalized spacial score (nSPS) is 23.0. The zero-order valence-corrected chi connectivity index (χ0v) is 13.1. The third-order valence-corrected chi connectivity index (χ3v) is 5.82. The zero-order chi connectivity index (χ0) is 14.6.